The summed E-state index contributed by atoms with van der Waals surface area (Å²) >= 11 is 12.6. The monoisotopic (exact) mass is 568 g/mol. The van der Waals surface area contributed by atoms with E-state index in [4.69, 9.17) is 33.7 Å². The van der Waals surface area contributed by atoms with Gasteiger partial charge in [-0.25, -0.2) is 0 Å². The Labute approximate surface area is 233 Å². The first-order valence-electron chi connectivity index (χ1n) is 12.5. The third kappa shape index (κ3) is 4.76. The fourth-order valence-corrected chi connectivity index (χ4v) is 5.80. The second kappa shape index (κ2) is 9.91. The molecule has 2 atom stereocenters. The Hall–Kier alpha value is -3.51. The van der Waals surface area contributed by atoms with Crippen LogP contribution in [-0.2, 0) is 4.79 Å². The van der Waals surface area contributed by atoms with Gasteiger partial charge in [0.15, 0.2) is 5.82 Å². The van der Waals surface area contributed by atoms with Gasteiger partial charge in [0.1, 0.15) is 28.8 Å². The lowest BCUT2D eigenvalue weighted by molar-refractivity contribution is -0.137. The molecule has 0 spiro atoms. The maximum Gasteiger partial charge on any atom is 0.246 e. The summed E-state index contributed by atoms with van der Waals surface area (Å²) in [6.45, 7) is 3.40. The SMILES string of the molecule is C[C@@H](Oc1ccc2[nH]nc(-c3ccc(N4CC(N)(C(=O)N5CC[C@H](O)C5)C4)nn3)c2c1)c1c(Cl)cncc1Cl. The highest BCUT2D eigenvalue weighted by atomic mass is 35.5. The molecule has 1 aromatic carbocycles. The number of likely N-dealkylation sites (tertiary alicyclic amines) is 1. The third-order valence-corrected chi connectivity index (χ3v) is 7.79. The molecule has 3 aromatic heterocycles. The molecule has 0 unspecified atom stereocenters. The topological polar surface area (TPSA) is 146 Å². The number of nitrogens with one attached hydrogen (secondary N) is 1. The number of halogens is 2. The van der Waals surface area contributed by atoms with Gasteiger partial charge in [0, 0.05) is 49.5 Å². The number of fused-ring (bicyclic) bond motifs is 1. The van der Waals surface area contributed by atoms with Gasteiger partial charge in [-0.05, 0) is 43.7 Å². The number of anilines is 1. The number of hydrogen-bond donors (Lipinski definition) is 3. The molecular formula is C26H26Cl2N8O3. The van der Waals surface area contributed by atoms with E-state index in [1.54, 1.807) is 4.90 Å². The molecule has 2 aliphatic heterocycles. The van der Waals surface area contributed by atoms with Gasteiger partial charge in [-0.15, -0.1) is 10.2 Å². The summed E-state index contributed by atoms with van der Waals surface area (Å²) in [5, 5.41) is 27.6. The zero-order valence-corrected chi connectivity index (χ0v) is 22.5. The van der Waals surface area contributed by atoms with Crippen molar-refractivity contribution >= 4 is 45.8 Å². The number of benzene rings is 1. The molecule has 6 rings (SSSR count). The first-order valence-corrected chi connectivity index (χ1v) is 13.3. The lowest BCUT2D eigenvalue weighted by atomic mass is 9.89. The van der Waals surface area contributed by atoms with Crippen molar-refractivity contribution in [3.05, 3.63) is 58.3 Å². The Morgan fingerprint density at radius 1 is 1.21 bits per heavy atom. The van der Waals surface area contributed by atoms with Crippen molar-refractivity contribution in [2.75, 3.05) is 31.1 Å². The van der Waals surface area contributed by atoms with E-state index >= 15 is 0 Å². The highest BCUT2D eigenvalue weighted by molar-refractivity contribution is 6.35. The number of nitrogens with two attached hydrogens (primary N) is 1. The predicted octanol–water partition coefficient (Wildman–Crippen LogP) is 2.97. The van der Waals surface area contributed by atoms with Crippen LogP contribution in [0, 0.1) is 0 Å². The average Bonchev–Trinajstić information content (AvgIpc) is 3.52. The largest absolute Gasteiger partial charge is 0.486 e. The van der Waals surface area contributed by atoms with Crippen molar-refractivity contribution in [1.29, 1.82) is 0 Å². The van der Waals surface area contributed by atoms with E-state index in [9.17, 15) is 9.90 Å². The summed E-state index contributed by atoms with van der Waals surface area (Å²) in [4.78, 5) is 20.3. The Bertz CT molecular complexity index is 1520. The number of rotatable bonds is 6. The first-order chi connectivity index (χ1) is 18.7. The second-order valence-electron chi connectivity index (χ2n) is 10.0. The van der Waals surface area contributed by atoms with Gasteiger partial charge < -0.3 is 25.4 Å². The van der Waals surface area contributed by atoms with E-state index in [1.807, 2.05) is 42.2 Å². The van der Waals surface area contributed by atoms with E-state index in [-0.39, 0.29) is 5.91 Å². The molecule has 11 nitrogen and oxygen atoms in total. The van der Waals surface area contributed by atoms with Gasteiger partial charge in [-0.2, -0.15) is 5.10 Å². The first kappa shape index (κ1) is 25.8. The van der Waals surface area contributed by atoms with Crippen LogP contribution < -0.4 is 15.4 Å². The number of carbonyl (C=O) groups excluding carboxylic acids is 1. The minimum atomic E-state index is -0.985. The number of H-pyrrole nitrogens is 1. The molecule has 0 radical (unpaired) electrons. The molecule has 0 saturated carbocycles. The molecule has 0 bridgehead atoms. The lowest BCUT2D eigenvalue weighted by Gasteiger charge is -2.48. The maximum absolute atomic E-state index is 12.8. The summed E-state index contributed by atoms with van der Waals surface area (Å²) in [7, 11) is 0. The molecule has 202 valence electrons. The molecule has 1 amide bonds. The number of nitrogens with zero attached hydrogens (tertiary/aromatic N) is 6. The Balaban J connectivity index is 1.17. The number of aromatic nitrogens is 5. The Morgan fingerprint density at radius 3 is 2.64 bits per heavy atom. The minimum Gasteiger partial charge on any atom is -0.486 e. The standard InChI is InChI=1S/C26H26Cl2N8O3/c1-14(23-18(27)9-30-10-19(23)28)39-16-2-3-20-17(8-16)24(34-31-20)21-4-5-22(33-32-21)36-12-26(29,13-36)25(38)35-7-6-15(37)11-35/h2-5,8-10,14-15,37H,6-7,11-13,29H2,1H3,(H,31,34)/t14-,15+/m1/s1. The van der Waals surface area contributed by atoms with Gasteiger partial charge in [0.2, 0.25) is 5.91 Å². The molecule has 2 aliphatic rings. The summed E-state index contributed by atoms with van der Waals surface area (Å²) < 4.78 is 6.15. The predicted molar refractivity (Wildman–Crippen MR) is 147 cm³/mol. The zero-order chi connectivity index (χ0) is 27.3. The van der Waals surface area contributed by atoms with Crippen molar-refractivity contribution in [2.24, 2.45) is 5.73 Å². The van der Waals surface area contributed by atoms with Gasteiger partial charge >= 0.3 is 0 Å². The molecular weight excluding hydrogens is 543 g/mol. The van der Waals surface area contributed by atoms with Crippen LogP contribution in [0.1, 0.15) is 25.0 Å². The van der Waals surface area contributed by atoms with Gasteiger partial charge in [0.05, 0.1) is 21.7 Å². The number of amides is 1. The van der Waals surface area contributed by atoms with Gasteiger partial charge in [0.25, 0.3) is 0 Å². The quantitative estimate of drug-likeness (QED) is 0.319. The van der Waals surface area contributed by atoms with E-state index in [2.05, 4.69) is 25.4 Å². The summed E-state index contributed by atoms with van der Waals surface area (Å²) in [5.41, 5.74) is 8.06. The summed E-state index contributed by atoms with van der Waals surface area (Å²) in [6.07, 6.45) is 2.77. The molecule has 4 N–H and O–H groups in total. The summed E-state index contributed by atoms with van der Waals surface area (Å²) in [5.74, 6) is 1.10. The van der Waals surface area contributed by atoms with Crippen LogP contribution in [-0.4, -0.2) is 79.1 Å². The highest BCUT2D eigenvalue weighted by Gasteiger charge is 2.49. The van der Waals surface area contributed by atoms with Gasteiger partial charge in [-0.1, -0.05) is 23.2 Å². The van der Waals surface area contributed by atoms with Crippen LogP contribution in [0.4, 0.5) is 5.82 Å². The number of β-amino-alcohol motifs (C(OH)–C–C–N with tert-alkyl or cyclic N) is 1. The molecule has 2 saturated heterocycles. The van der Waals surface area contributed by atoms with Crippen molar-refractivity contribution < 1.29 is 14.6 Å². The van der Waals surface area contributed by atoms with Crippen molar-refractivity contribution in [1.82, 2.24) is 30.3 Å². The number of pyridine rings is 1. The molecule has 2 fully saturated rings. The van der Waals surface area contributed by atoms with E-state index in [1.165, 1.54) is 12.4 Å². The second-order valence-corrected chi connectivity index (χ2v) is 10.9. The average molecular weight is 569 g/mol. The van der Waals surface area contributed by atoms with Crippen molar-refractivity contribution in [2.45, 2.75) is 31.1 Å². The summed E-state index contributed by atoms with van der Waals surface area (Å²) in [6, 6.07) is 9.26. The number of aliphatic hydroxyl groups is 1. The Morgan fingerprint density at radius 2 is 1.97 bits per heavy atom. The molecule has 13 heteroatoms. The fraction of sp³-hybridized carbons (Fsp3) is 0.346. The fourth-order valence-electron chi connectivity index (χ4n) is 5.13. The smallest absolute Gasteiger partial charge is 0.246 e. The van der Waals surface area contributed by atoms with Crippen LogP contribution in [0.25, 0.3) is 22.3 Å². The number of aliphatic hydroxyl groups excluding tert-OH is 1. The van der Waals surface area contributed by atoms with Crippen LogP contribution in [0.15, 0.2) is 42.7 Å². The number of carbonyl (C=O) groups is 1. The minimum absolute atomic E-state index is 0.135. The van der Waals surface area contributed by atoms with Crippen LogP contribution in [0.3, 0.4) is 0 Å². The van der Waals surface area contributed by atoms with Crippen LogP contribution in [0.5, 0.6) is 5.75 Å². The number of ether oxygens (including phenoxy) is 1. The molecule has 4 aromatic rings. The molecule has 5 heterocycles. The highest BCUT2D eigenvalue weighted by Crippen LogP contribution is 2.35. The number of hydrogen-bond acceptors (Lipinski definition) is 9. The maximum atomic E-state index is 12.8. The molecule has 0 aliphatic carbocycles. The van der Waals surface area contributed by atoms with Crippen molar-refractivity contribution in [3.63, 3.8) is 0 Å². The van der Waals surface area contributed by atoms with Crippen LogP contribution in [0.2, 0.25) is 10.0 Å². The normalized spacial score (nSPS) is 19.3. The van der Waals surface area contributed by atoms with Crippen molar-refractivity contribution in [3.8, 4) is 17.1 Å². The zero-order valence-electron chi connectivity index (χ0n) is 21.0. The van der Waals surface area contributed by atoms with Crippen LogP contribution >= 0.6 is 23.2 Å². The van der Waals surface area contributed by atoms with E-state index < -0.39 is 17.7 Å². The number of aromatic amines is 1. The van der Waals surface area contributed by atoms with Gasteiger partial charge in [-0.3, -0.25) is 14.9 Å². The lowest BCUT2D eigenvalue weighted by Crippen LogP contribution is -2.74. The Kier molecular flexibility index (Phi) is 6.54. The third-order valence-electron chi connectivity index (χ3n) is 7.18. The van der Waals surface area contributed by atoms with E-state index in [0.717, 1.165) is 10.9 Å². The molecule has 39 heavy (non-hydrogen) atoms. The van der Waals surface area contributed by atoms with E-state index in [0.29, 0.717) is 71.2 Å².